The summed E-state index contributed by atoms with van der Waals surface area (Å²) in [6.45, 7) is -0.193. The summed E-state index contributed by atoms with van der Waals surface area (Å²) < 4.78 is 5.43. The molecule has 0 aromatic carbocycles. The van der Waals surface area contributed by atoms with E-state index < -0.39 is 12.2 Å². The second-order valence-corrected chi connectivity index (χ2v) is 3.64. The van der Waals surface area contributed by atoms with Crippen molar-refractivity contribution in [2.24, 2.45) is 0 Å². The Morgan fingerprint density at radius 3 is 2.87 bits per heavy atom. The first-order valence-corrected chi connectivity index (χ1v) is 4.83. The lowest BCUT2D eigenvalue weighted by atomic mass is 10.1. The molecule has 1 fully saturated rings. The van der Waals surface area contributed by atoms with Crippen LogP contribution in [0, 0.1) is 0 Å². The van der Waals surface area contributed by atoms with E-state index in [4.69, 9.17) is 9.84 Å². The minimum absolute atomic E-state index is 0.170. The standard InChI is InChI=1S/C10H13NO4/c12-5-9-7(13)3-8(15-9)6-1-2-10(14)11-4-6/h1-2,4,7-9,12-13H,3,5H2,(H,11,14)/t7-,8-,9-/m1/s1. The smallest absolute Gasteiger partial charge is 0.247 e. The summed E-state index contributed by atoms with van der Waals surface area (Å²) in [7, 11) is 0. The van der Waals surface area contributed by atoms with E-state index in [0.29, 0.717) is 6.42 Å². The van der Waals surface area contributed by atoms with Gasteiger partial charge in [0.25, 0.3) is 0 Å². The Labute approximate surface area is 86.3 Å². The highest BCUT2D eigenvalue weighted by molar-refractivity contribution is 5.14. The van der Waals surface area contributed by atoms with E-state index in [-0.39, 0.29) is 18.3 Å². The predicted octanol–water partition coefficient (Wildman–Crippen LogP) is -0.442. The number of aliphatic hydroxyl groups is 2. The van der Waals surface area contributed by atoms with Crippen LogP contribution in [0.1, 0.15) is 18.1 Å². The Balaban J connectivity index is 2.13. The SMILES string of the molecule is O=c1ccc([C@H]2C[C@@H](O)[C@@H](CO)O2)c[nH]1. The number of aromatic amines is 1. The van der Waals surface area contributed by atoms with Crippen LogP contribution < -0.4 is 5.56 Å². The zero-order valence-corrected chi connectivity index (χ0v) is 8.09. The van der Waals surface area contributed by atoms with Gasteiger partial charge in [0.05, 0.1) is 18.8 Å². The van der Waals surface area contributed by atoms with Crippen LogP contribution >= 0.6 is 0 Å². The van der Waals surface area contributed by atoms with Crippen molar-refractivity contribution in [2.75, 3.05) is 6.61 Å². The lowest BCUT2D eigenvalue weighted by molar-refractivity contribution is -0.0226. The van der Waals surface area contributed by atoms with Crippen LogP contribution in [-0.4, -0.2) is 34.0 Å². The third-order valence-corrected chi connectivity index (χ3v) is 2.58. The molecule has 0 saturated carbocycles. The topological polar surface area (TPSA) is 82.6 Å². The van der Waals surface area contributed by atoms with Crippen molar-refractivity contribution in [3.63, 3.8) is 0 Å². The highest BCUT2D eigenvalue weighted by Gasteiger charge is 2.34. The third kappa shape index (κ3) is 2.09. The fourth-order valence-corrected chi connectivity index (χ4v) is 1.73. The normalized spacial score (nSPS) is 30.7. The van der Waals surface area contributed by atoms with Gasteiger partial charge in [-0.2, -0.15) is 0 Å². The van der Waals surface area contributed by atoms with Crippen LogP contribution in [0.4, 0.5) is 0 Å². The van der Waals surface area contributed by atoms with Crippen molar-refractivity contribution in [1.29, 1.82) is 0 Å². The van der Waals surface area contributed by atoms with E-state index in [9.17, 15) is 9.90 Å². The molecule has 0 amide bonds. The van der Waals surface area contributed by atoms with E-state index in [1.807, 2.05) is 0 Å². The lowest BCUT2D eigenvalue weighted by Crippen LogP contribution is -2.24. The van der Waals surface area contributed by atoms with E-state index in [1.165, 1.54) is 6.07 Å². The molecule has 0 radical (unpaired) electrons. The molecule has 0 bridgehead atoms. The first kappa shape index (κ1) is 10.4. The number of hydrogen-bond donors (Lipinski definition) is 3. The van der Waals surface area contributed by atoms with Gasteiger partial charge in [-0.05, 0) is 11.6 Å². The van der Waals surface area contributed by atoms with Gasteiger partial charge in [0, 0.05) is 18.7 Å². The van der Waals surface area contributed by atoms with E-state index in [2.05, 4.69) is 4.98 Å². The Morgan fingerprint density at radius 2 is 2.33 bits per heavy atom. The van der Waals surface area contributed by atoms with Crippen molar-refractivity contribution in [2.45, 2.75) is 24.7 Å². The van der Waals surface area contributed by atoms with Gasteiger partial charge in [-0.15, -0.1) is 0 Å². The maximum absolute atomic E-state index is 10.8. The van der Waals surface area contributed by atoms with Gasteiger partial charge in [-0.3, -0.25) is 4.79 Å². The summed E-state index contributed by atoms with van der Waals surface area (Å²) in [6.07, 6.45) is 0.583. The quantitative estimate of drug-likeness (QED) is 0.619. The molecular formula is C10H13NO4. The average Bonchev–Trinajstić information content (AvgIpc) is 2.61. The summed E-state index contributed by atoms with van der Waals surface area (Å²) in [4.78, 5) is 13.4. The molecule has 1 aromatic rings. The highest BCUT2D eigenvalue weighted by atomic mass is 16.5. The van der Waals surface area contributed by atoms with E-state index in [0.717, 1.165) is 5.56 Å². The van der Waals surface area contributed by atoms with Crippen LogP contribution in [0.2, 0.25) is 0 Å². The molecule has 1 aliphatic rings. The third-order valence-electron chi connectivity index (χ3n) is 2.58. The maximum Gasteiger partial charge on any atom is 0.247 e. The second kappa shape index (κ2) is 4.14. The van der Waals surface area contributed by atoms with Gasteiger partial charge in [0.1, 0.15) is 6.10 Å². The number of H-pyrrole nitrogens is 1. The number of aliphatic hydroxyl groups excluding tert-OH is 2. The second-order valence-electron chi connectivity index (χ2n) is 3.64. The fourth-order valence-electron chi connectivity index (χ4n) is 1.73. The number of ether oxygens (including phenoxy) is 1. The number of rotatable bonds is 2. The van der Waals surface area contributed by atoms with Gasteiger partial charge < -0.3 is 19.9 Å². The van der Waals surface area contributed by atoms with Gasteiger partial charge in [-0.25, -0.2) is 0 Å². The Bertz CT molecular complexity index is 369. The highest BCUT2D eigenvalue weighted by Crippen LogP contribution is 2.31. The van der Waals surface area contributed by atoms with Gasteiger partial charge in [0.15, 0.2) is 0 Å². The van der Waals surface area contributed by atoms with Crippen LogP contribution in [0.3, 0.4) is 0 Å². The van der Waals surface area contributed by atoms with Crippen molar-refractivity contribution >= 4 is 0 Å². The minimum Gasteiger partial charge on any atom is -0.394 e. The van der Waals surface area contributed by atoms with Crippen molar-refractivity contribution in [3.8, 4) is 0 Å². The van der Waals surface area contributed by atoms with Gasteiger partial charge >= 0.3 is 0 Å². The number of pyridine rings is 1. The fraction of sp³-hybridized carbons (Fsp3) is 0.500. The maximum atomic E-state index is 10.8. The molecule has 15 heavy (non-hydrogen) atoms. The number of hydrogen-bond acceptors (Lipinski definition) is 4. The summed E-state index contributed by atoms with van der Waals surface area (Å²) in [6, 6.07) is 3.08. The molecule has 3 N–H and O–H groups in total. The van der Waals surface area contributed by atoms with Crippen LogP contribution in [-0.2, 0) is 4.74 Å². The molecule has 0 aliphatic carbocycles. The van der Waals surface area contributed by atoms with E-state index in [1.54, 1.807) is 12.3 Å². The molecule has 5 heteroatoms. The van der Waals surface area contributed by atoms with Crippen LogP contribution in [0.25, 0.3) is 0 Å². The summed E-state index contributed by atoms with van der Waals surface area (Å²) in [5.41, 5.74) is 0.639. The Kier molecular flexibility index (Phi) is 2.86. The molecule has 1 aliphatic heterocycles. The first-order valence-electron chi connectivity index (χ1n) is 4.83. The first-order chi connectivity index (χ1) is 7.20. The van der Waals surface area contributed by atoms with Gasteiger partial charge in [-0.1, -0.05) is 0 Å². The largest absolute Gasteiger partial charge is 0.394 e. The summed E-state index contributed by atoms with van der Waals surface area (Å²) >= 11 is 0. The molecule has 0 unspecified atom stereocenters. The molecule has 1 saturated heterocycles. The molecule has 82 valence electrons. The number of aromatic nitrogens is 1. The predicted molar refractivity (Wildman–Crippen MR) is 52.4 cm³/mol. The van der Waals surface area contributed by atoms with Crippen LogP contribution in [0.15, 0.2) is 23.1 Å². The molecule has 5 nitrogen and oxygen atoms in total. The molecule has 1 aromatic heterocycles. The minimum atomic E-state index is -0.646. The Hall–Kier alpha value is -1.17. The van der Waals surface area contributed by atoms with Crippen molar-refractivity contribution < 1.29 is 14.9 Å². The zero-order chi connectivity index (χ0) is 10.8. The molecular weight excluding hydrogens is 198 g/mol. The number of nitrogens with one attached hydrogen (secondary N) is 1. The molecule has 3 atom stereocenters. The lowest BCUT2D eigenvalue weighted by Gasteiger charge is -2.11. The molecule has 2 heterocycles. The van der Waals surface area contributed by atoms with Crippen LogP contribution in [0.5, 0.6) is 0 Å². The average molecular weight is 211 g/mol. The Morgan fingerprint density at radius 1 is 1.53 bits per heavy atom. The zero-order valence-electron chi connectivity index (χ0n) is 8.09. The van der Waals surface area contributed by atoms with E-state index >= 15 is 0 Å². The molecule has 2 rings (SSSR count). The van der Waals surface area contributed by atoms with Crippen molar-refractivity contribution in [3.05, 3.63) is 34.2 Å². The van der Waals surface area contributed by atoms with Gasteiger partial charge in [0.2, 0.25) is 5.56 Å². The monoisotopic (exact) mass is 211 g/mol. The summed E-state index contributed by atoms with van der Waals surface area (Å²) in [5.74, 6) is 0. The molecule has 0 spiro atoms. The summed E-state index contributed by atoms with van der Waals surface area (Å²) in [5, 5.41) is 18.4. The van der Waals surface area contributed by atoms with Crippen molar-refractivity contribution in [1.82, 2.24) is 4.98 Å².